The minimum Gasteiger partial charge on any atom is -0.489 e. The number of hydrogen-bond donors (Lipinski definition) is 0. The van der Waals surface area contributed by atoms with Crippen molar-refractivity contribution in [2.45, 2.75) is 25.2 Å². The molecule has 2 heterocycles. The van der Waals surface area contributed by atoms with Gasteiger partial charge in [0, 0.05) is 6.61 Å². The molecule has 33 heavy (non-hydrogen) atoms. The minimum atomic E-state index is -0.593. The molecule has 0 aliphatic carbocycles. The van der Waals surface area contributed by atoms with E-state index in [1.165, 1.54) is 4.90 Å². The number of ether oxygens (including phenoxy) is 3. The fourth-order valence-electron chi connectivity index (χ4n) is 4.43. The maximum atomic E-state index is 13.5. The van der Waals surface area contributed by atoms with Crippen LogP contribution in [0.3, 0.4) is 0 Å². The van der Waals surface area contributed by atoms with Crippen molar-refractivity contribution < 1.29 is 23.8 Å². The molecule has 5 rings (SSSR count). The molecule has 0 saturated carbocycles. The van der Waals surface area contributed by atoms with Gasteiger partial charge in [0.1, 0.15) is 25.0 Å². The summed E-state index contributed by atoms with van der Waals surface area (Å²) in [6.07, 6.45) is -0.448. The quantitative estimate of drug-likeness (QED) is 0.533. The number of carbonyl (C=O) groups is 2. The molecule has 3 aromatic rings. The third kappa shape index (κ3) is 4.47. The minimum absolute atomic E-state index is 0.167. The number of hydrogen-bond acceptors (Lipinski definition) is 5. The second-order valence-electron chi connectivity index (χ2n) is 8.24. The Morgan fingerprint density at radius 1 is 0.909 bits per heavy atom. The molecule has 6 heteroatoms. The Morgan fingerprint density at radius 2 is 1.61 bits per heavy atom. The first kappa shape index (κ1) is 21.2. The van der Waals surface area contributed by atoms with E-state index >= 15 is 0 Å². The van der Waals surface area contributed by atoms with E-state index in [1.807, 2.05) is 84.9 Å². The monoisotopic (exact) mass is 443 g/mol. The zero-order valence-electron chi connectivity index (χ0n) is 18.1. The zero-order chi connectivity index (χ0) is 22.6. The molecule has 0 bridgehead atoms. The SMILES string of the molecule is O=C1OC[C@H](c2ccccc2)N1C(=O)[C@@H]1CCO[C@@H]1c1ccc(OCc2ccccc2)cc1. The average Bonchev–Trinajstić information content (AvgIpc) is 3.51. The highest BCUT2D eigenvalue weighted by Gasteiger charge is 2.45. The third-order valence-corrected chi connectivity index (χ3v) is 6.16. The van der Waals surface area contributed by atoms with Crippen LogP contribution in [0.4, 0.5) is 4.79 Å². The van der Waals surface area contributed by atoms with Crippen LogP contribution in [0, 0.1) is 5.92 Å². The Labute approximate surface area is 192 Å². The molecular weight excluding hydrogens is 418 g/mol. The van der Waals surface area contributed by atoms with Crippen molar-refractivity contribution in [1.29, 1.82) is 0 Å². The maximum absolute atomic E-state index is 13.5. The van der Waals surface area contributed by atoms with Crippen LogP contribution in [0.1, 0.15) is 35.3 Å². The molecule has 2 saturated heterocycles. The number of nitrogens with zero attached hydrogens (tertiary/aromatic N) is 1. The van der Waals surface area contributed by atoms with Crippen LogP contribution in [0.2, 0.25) is 0 Å². The normalized spacial score (nSPS) is 22.2. The van der Waals surface area contributed by atoms with Crippen LogP contribution >= 0.6 is 0 Å². The maximum Gasteiger partial charge on any atom is 0.417 e. The summed E-state index contributed by atoms with van der Waals surface area (Å²) >= 11 is 0. The molecule has 0 radical (unpaired) electrons. The lowest BCUT2D eigenvalue weighted by atomic mass is 9.93. The van der Waals surface area contributed by atoms with Gasteiger partial charge in [0.25, 0.3) is 0 Å². The molecule has 0 aromatic heterocycles. The molecule has 0 spiro atoms. The second-order valence-corrected chi connectivity index (χ2v) is 8.24. The van der Waals surface area contributed by atoms with E-state index in [9.17, 15) is 9.59 Å². The van der Waals surface area contributed by atoms with Gasteiger partial charge in [-0.25, -0.2) is 9.69 Å². The lowest BCUT2D eigenvalue weighted by molar-refractivity contribution is -0.135. The lowest BCUT2D eigenvalue weighted by Crippen LogP contribution is -2.39. The predicted molar refractivity (Wildman–Crippen MR) is 121 cm³/mol. The zero-order valence-corrected chi connectivity index (χ0v) is 18.1. The molecule has 3 aromatic carbocycles. The molecule has 2 fully saturated rings. The van der Waals surface area contributed by atoms with Gasteiger partial charge in [-0.3, -0.25) is 4.79 Å². The van der Waals surface area contributed by atoms with Gasteiger partial charge < -0.3 is 14.2 Å². The van der Waals surface area contributed by atoms with E-state index in [-0.39, 0.29) is 12.5 Å². The van der Waals surface area contributed by atoms with Crippen LogP contribution in [-0.4, -0.2) is 30.1 Å². The van der Waals surface area contributed by atoms with Crippen molar-refractivity contribution in [3.63, 3.8) is 0 Å². The van der Waals surface area contributed by atoms with E-state index in [4.69, 9.17) is 14.2 Å². The smallest absolute Gasteiger partial charge is 0.417 e. The van der Waals surface area contributed by atoms with Crippen molar-refractivity contribution >= 4 is 12.0 Å². The van der Waals surface area contributed by atoms with E-state index in [2.05, 4.69) is 0 Å². The largest absolute Gasteiger partial charge is 0.489 e. The summed E-state index contributed by atoms with van der Waals surface area (Å²) < 4.78 is 17.0. The van der Waals surface area contributed by atoms with Crippen LogP contribution < -0.4 is 4.74 Å². The van der Waals surface area contributed by atoms with Gasteiger partial charge in [-0.05, 0) is 35.2 Å². The number of benzene rings is 3. The van der Waals surface area contributed by atoms with Crippen molar-refractivity contribution in [1.82, 2.24) is 4.90 Å². The number of cyclic esters (lactones) is 1. The fourth-order valence-corrected chi connectivity index (χ4v) is 4.43. The van der Waals surface area contributed by atoms with E-state index in [1.54, 1.807) is 0 Å². The Morgan fingerprint density at radius 3 is 2.33 bits per heavy atom. The standard InChI is InChI=1S/C27H25NO5/c29-26(28-24(18-33-27(28)30)20-9-5-2-6-10-20)23-15-16-31-25(23)21-11-13-22(14-12-21)32-17-19-7-3-1-4-8-19/h1-14,23-25H,15-18H2/t23-,24-,25-/m1/s1. The molecular formula is C27H25NO5. The summed E-state index contributed by atoms with van der Waals surface area (Å²) in [5.41, 5.74) is 2.87. The Balaban J connectivity index is 1.29. The fraction of sp³-hybridized carbons (Fsp3) is 0.259. The van der Waals surface area contributed by atoms with Crippen molar-refractivity contribution in [2.24, 2.45) is 5.92 Å². The number of imide groups is 1. The molecule has 2 amide bonds. The molecule has 168 valence electrons. The van der Waals surface area contributed by atoms with Crippen LogP contribution in [0.5, 0.6) is 5.75 Å². The Hall–Kier alpha value is -3.64. The molecule has 0 unspecified atom stereocenters. The van der Waals surface area contributed by atoms with E-state index in [0.29, 0.717) is 19.6 Å². The summed E-state index contributed by atoms with van der Waals surface area (Å²) in [6.45, 7) is 1.12. The Bertz CT molecular complexity index is 1100. The topological polar surface area (TPSA) is 65.1 Å². The van der Waals surface area contributed by atoms with E-state index in [0.717, 1.165) is 22.4 Å². The van der Waals surface area contributed by atoms with Gasteiger partial charge in [-0.2, -0.15) is 0 Å². The van der Waals surface area contributed by atoms with Gasteiger partial charge in [-0.1, -0.05) is 72.8 Å². The van der Waals surface area contributed by atoms with Crippen molar-refractivity contribution in [2.75, 3.05) is 13.2 Å². The van der Waals surface area contributed by atoms with Gasteiger partial charge >= 0.3 is 6.09 Å². The van der Waals surface area contributed by atoms with Crippen LogP contribution in [0.25, 0.3) is 0 Å². The average molecular weight is 443 g/mol. The number of carbonyl (C=O) groups excluding carboxylic acids is 2. The summed E-state index contributed by atoms with van der Waals surface area (Å²) in [5.74, 6) is 0.0481. The van der Waals surface area contributed by atoms with Crippen LogP contribution in [0.15, 0.2) is 84.9 Å². The summed E-state index contributed by atoms with van der Waals surface area (Å²) in [5, 5.41) is 0. The highest BCUT2D eigenvalue weighted by Crippen LogP contribution is 2.39. The number of rotatable bonds is 6. The molecule has 6 nitrogen and oxygen atoms in total. The number of amides is 2. The van der Waals surface area contributed by atoms with Crippen molar-refractivity contribution in [3.8, 4) is 5.75 Å². The molecule has 2 aliphatic rings. The van der Waals surface area contributed by atoms with Gasteiger partial charge in [0.15, 0.2) is 0 Å². The molecule has 2 aliphatic heterocycles. The third-order valence-electron chi connectivity index (χ3n) is 6.16. The molecule has 3 atom stereocenters. The van der Waals surface area contributed by atoms with Crippen LogP contribution in [-0.2, 0) is 20.9 Å². The lowest BCUT2D eigenvalue weighted by Gasteiger charge is -2.25. The predicted octanol–water partition coefficient (Wildman–Crippen LogP) is 5.06. The Kier molecular flexibility index (Phi) is 6.09. The summed E-state index contributed by atoms with van der Waals surface area (Å²) in [4.78, 5) is 27.2. The first-order valence-electron chi connectivity index (χ1n) is 11.1. The highest BCUT2D eigenvalue weighted by atomic mass is 16.6. The molecule has 0 N–H and O–H groups in total. The van der Waals surface area contributed by atoms with Gasteiger partial charge in [0.05, 0.1) is 12.0 Å². The second kappa shape index (κ2) is 9.46. The van der Waals surface area contributed by atoms with E-state index < -0.39 is 24.2 Å². The van der Waals surface area contributed by atoms with Gasteiger partial charge in [-0.15, -0.1) is 0 Å². The first-order chi connectivity index (χ1) is 16.2. The van der Waals surface area contributed by atoms with Gasteiger partial charge in [0.2, 0.25) is 5.91 Å². The summed E-state index contributed by atoms with van der Waals surface area (Å²) in [7, 11) is 0. The van der Waals surface area contributed by atoms with Crippen molar-refractivity contribution in [3.05, 3.63) is 102 Å². The summed E-state index contributed by atoms with van der Waals surface area (Å²) in [6, 6.07) is 26.7. The highest BCUT2D eigenvalue weighted by molar-refractivity contribution is 5.95. The first-order valence-corrected chi connectivity index (χ1v) is 11.1.